The van der Waals surface area contributed by atoms with Crippen LogP contribution in [-0.4, -0.2) is 15.5 Å². The van der Waals surface area contributed by atoms with E-state index < -0.39 is 0 Å². The minimum absolute atomic E-state index is 0.0216. The van der Waals surface area contributed by atoms with E-state index in [4.69, 9.17) is 11.6 Å². The molecule has 0 aliphatic carbocycles. The summed E-state index contributed by atoms with van der Waals surface area (Å²) in [4.78, 5) is 17.2. The SMILES string of the molecule is O=C(C[C@@H](c1ccccc1Cl)c1cn(Cc2ccccc2)c2ccccc12)NCc1ccncc1. The molecule has 0 saturated heterocycles. The lowest BCUT2D eigenvalue weighted by Crippen LogP contribution is -2.25. The molecular formula is C30H26ClN3O. The maximum Gasteiger partial charge on any atom is 0.221 e. The summed E-state index contributed by atoms with van der Waals surface area (Å²) in [6, 6.07) is 30.4. The van der Waals surface area contributed by atoms with Gasteiger partial charge in [-0.25, -0.2) is 0 Å². The summed E-state index contributed by atoms with van der Waals surface area (Å²) in [6.45, 7) is 1.22. The monoisotopic (exact) mass is 479 g/mol. The molecule has 5 rings (SSSR count). The molecule has 0 radical (unpaired) electrons. The molecule has 3 aromatic carbocycles. The predicted molar refractivity (Wildman–Crippen MR) is 141 cm³/mol. The fraction of sp³-hybridized carbons (Fsp3) is 0.133. The van der Waals surface area contributed by atoms with Crippen LogP contribution in [0.4, 0.5) is 0 Å². The first-order valence-electron chi connectivity index (χ1n) is 11.7. The molecular weight excluding hydrogens is 454 g/mol. The number of amides is 1. The highest BCUT2D eigenvalue weighted by molar-refractivity contribution is 6.31. The maximum absolute atomic E-state index is 13.1. The number of benzene rings is 3. The molecule has 0 saturated carbocycles. The van der Waals surface area contributed by atoms with Gasteiger partial charge in [0.2, 0.25) is 5.91 Å². The molecule has 4 nitrogen and oxygen atoms in total. The summed E-state index contributed by atoms with van der Waals surface area (Å²) in [6.07, 6.45) is 5.95. The van der Waals surface area contributed by atoms with E-state index in [1.54, 1.807) is 12.4 Å². The van der Waals surface area contributed by atoms with Gasteiger partial charge in [0, 0.05) is 59.9 Å². The third-order valence-electron chi connectivity index (χ3n) is 6.30. The first-order chi connectivity index (χ1) is 17.2. The van der Waals surface area contributed by atoms with Crippen molar-refractivity contribution in [2.24, 2.45) is 0 Å². The maximum atomic E-state index is 13.1. The predicted octanol–water partition coefficient (Wildman–Crippen LogP) is 6.58. The molecule has 2 aromatic heterocycles. The van der Waals surface area contributed by atoms with Crippen LogP contribution >= 0.6 is 11.6 Å². The van der Waals surface area contributed by atoms with E-state index in [-0.39, 0.29) is 11.8 Å². The smallest absolute Gasteiger partial charge is 0.221 e. The van der Waals surface area contributed by atoms with Crippen LogP contribution in [0.5, 0.6) is 0 Å². The first-order valence-corrected chi connectivity index (χ1v) is 12.1. The van der Waals surface area contributed by atoms with Crippen molar-refractivity contribution in [1.29, 1.82) is 0 Å². The lowest BCUT2D eigenvalue weighted by molar-refractivity contribution is -0.121. The second-order valence-corrected chi connectivity index (χ2v) is 9.03. The highest BCUT2D eigenvalue weighted by Crippen LogP contribution is 2.38. The lowest BCUT2D eigenvalue weighted by atomic mass is 9.88. The molecule has 1 amide bonds. The summed E-state index contributed by atoms with van der Waals surface area (Å²) < 4.78 is 2.26. The first kappa shape index (κ1) is 22.9. The number of halogens is 1. The van der Waals surface area contributed by atoms with Crippen molar-refractivity contribution in [1.82, 2.24) is 14.9 Å². The average Bonchev–Trinajstić information content (AvgIpc) is 3.26. The van der Waals surface area contributed by atoms with Gasteiger partial charge in [-0.15, -0.1) is 0 Å². The molecule has 174 valence electrons. The van der Waals surface area contributed by atoms with Crippen LogP contribution in [-0.2, 0) is 17.9 Å². The Labute approximate surface area is 210 Å². The summed E-state index contributed by atoms with van der Waals surface area (Å²) in [5, 5.41) is 4.87. The number of carbonyl (C=O) groups is 1. The van der Waals surface area contributed by atoms with Crippen LogP contribution in [0.2, 0.25) is 5.02 Å². The third-order valence-corrected chi connectivity index (χ3v) is 6.64. The molecule has 5 heteroatoms. The van der Waals surface area contributed by atoms with E-state index in [2.05, 4.69) is 63.5 Å². The quantitative estimate of drug-likeness (QED) is 0.273. The van der Waals surface area contributed by atoms with Crippen molar-refractivity contribution in [3.05, 3.63) is 137 Å². The van der Waals surface area contributed by atoms with E-state index in [0.717, 1.165) is 34.1 Å². The van der Waals surface area contributed by atoms with Crippen LogP contribution in [0.1, 0.15) is 34.6 Å². The number of fused-ring (bicyclic) bond motifs is 1. The number of nitrogens with zero attached hydrogens (tertiary/aromatic N) is 2. The molecule has 0 unspecified atom stereocenters. The van der Waals surface area contributed by atoms with Gasteiger partial charge in [-0.3, -0.25) is 9.78 Å². The fourth-order valence-corrected chi connectivity index (χ4v) is 4.84. The highest BCUT2D eigenvalue weighted by Gasteiger charge is 2.24. The molecule has 1 N–H and O–H groups in total. The normalized spacial score (nSPS) is 11.9. The molecule has 2 heterocycles. The average molecular weight is 480 g/mol. The summed E-state index contributed by atoms with van der Waals surface area (Å²) in [5.74, 6) is -0.199. The Morgan fingerprint density at radius 2 is 1.54 bits per heavy atom. The zero-order valence-corrected chi connectivity index (χ0v) is 20.0. The number of nitrogens with one attached hydrogen (secondary N) is 1. The van der Waals surface area contributed by atoms with Gasteiger partial charge in [0.05, 0.1) is 0 Å². The van der Waals surface area contributed by atoms with Crippen molar-refractivity contribution >= 4 is 28.4 Å². The molecule has 0 aliphatic heterocycles. The van der Waals surface area contributed by atoms with Crippen molar-refractivity contribution in [3.8, 4) is 0 Å². The molecule has 35 heavy (non-hydrogen) atoms. The van der Waals surface area contributed by atoms with Crippen molar-refractivity contribution in [2.45, 2.75) is 25.4 Å². The molecule has 0 spiro atoms. The topological polar surface area (TPSA) is 46.9 Å². The van der Waals surface area contributed by atoms with Crippen molar-refractivity contribution < 1.29 is 4.79 Å². The second kappa shape index (κ2) is 10.6. The van der Waals surface area contributed by atoms with Gasteiger partial charge in [0.15, 0.2) is 0 Å². The van der Waals surface area contributed by atoms with E-state index >= 15 is 0 Å². The van der Waals surface area contributed by atoms with Crippen molar-refractivity contribution in [2.75, 3.05) is 0 Å². The number of rotatable bonds is 8. The number of para-hydroxylation sites is 1. The summed E-state index contributed by atoms with van der Waals surface area (Å²) in [7, 11) is 0. The van der Waals surface area contributed by atoms with Crippen LogP contribution in [0.25, 0.3) is 10.9 Å². The second-order valence-electron chi connectivity index (χ2n) is 8.63. The largest absolute Gasteiger partial charge is 0.352 e. The summed E-state index contributed by atoms with van der Waals surface area (Å²) in [5.41, 5.74) is 5.44. The van der Waals surface area contributed by atoms with E-state index in [1.807, 2.05) is 48.5 Å². The molecule has 5 aromatic rings. The Hall–Kier alpha value is -3.89. The van der Waals surface area contributed by atoms with Crippen LogP contribution < -0.4 is 5.32 Å². The van der Waals surface area contributed by atoms with Crippen molar-refractivity contribution in [3.63, 3.8) is 0 Å². The molecule has 0 fully saturated rings. The highest BCUT2D eigenvalue weighted by atomic mass is 35.5. The molecule has 1 atom stereocenters. The zero-order chi connectivity index (χ0) is 24.0. The van der Waals surface area contributed by atoms with Gasteiger partial charge in [0.25, 0.3) is 0 Å². The van der Waals surface area contributed by atoms with E-state index in [0.29, 0.717) is 18.0 Å². The van der Waals surface area contributed by atoms with Crippen LogP contribution in [0.3, 0.4) is 0 Å². The van der Waals surface area contributed by atoms with Crippen LogP contribution in [0.15, 0.2) is 110 Å². The Morgan fingerprint density at radius 1 is 0.829 bits per heavy atom. The standard InChI is InChI=1S/C30H26ClN3O/c31-28-12-6-4-10-24(28)26(18-30(35)33-19-22-14-16-32-17-15-22)27-21-34(20-23-8-2-1-3-9-23)29-13-7-5-11-25(27)29/h1-17,21,26H,18-20H2,(H,33,35)/t26-/m0/s1. The Bertz CT molecular complexity index is 1430. The van der Waals surface area contributed by atoms with Gasteiger partial charge in [-0.1, -0.05) is 78.3 Å². The minimum Gasteiger partial charge on any atom is -0.352 e. The molecule has 0 aliphatic rings. The Morgan fingerprint density at radius 3 is 2.34 bits per heavy atom. The van der Waals surface area contributed by atoms with Gasteiger partial charge < -0.3 is 9.88 Å². The number of carbonyl (C=O) groups excluding carboxylic acids is 1. The van der Waals surface area contributed by atoms with Gasteiger partial charge in [0.1, 0.15) is 0 Å². The fourth-order valence-electron chi connectivity index (χ4n) is 4.57. The minimum atomic E-state index is -0.178. The number of aromatic nitrogens is 2. The van der Waals surface area contributed by atoms with Gasteiger partial charge in [-0.05, 0) is 46.5 Å². The summed E-state index contributed by atoms with van der Waals surface area (Å²) >= 11 is 6.67. The third kappa shape index (κ3) is 5.28. The number of hydrogen-bond acceptors (Lipinski definition) is 2. The lowest BCUT2D eigenvalue weighted by Gasteiger charge is -2.18. The Balaban J connectivity index is 1.51. The number of pyridine rings is 1. The zero-order valence-electron chi connectivity index (χ0n) is 19.3. The van der Waals surface area contributed by atoms with Crippen LogP contribution in [0, 0.1) is 0 Å². The molecule has 0 bridgehead atoms. The van der Waals surface area contributed by atoms with Gasteiger partial charge >= 0.3 is 0 Å². The van der Waals surface area contributed by atoms with E-state index in [9.17, 15) is 4.79 Å². The Kier molecular flexibility index (Phi) is 6.92. The number of hydrogen-bond donors (Lipinski definition) is 1. The van der Waals surface area contributed by atoms with Gasteiger partial charge in [-0.2, -0.15) is 0 Å². The van der Waals surface area contributed by atoms with E-state index in [1.165, 1.54) is 5.56 Å².